The van der Waals surface area contributed by atoms with E-state index in [0.29, 0.717) is 12.5 Å². The Morgan fingerprint density at radius 1 is 1.38 bits per heavy atom. The van der Waals surface area contributed by atoms with Crippen LogP contribution in [0.4, 0.5) is 0 Å². The zero-order chi connectivity index (χ0) is 14.7. The van der Waals surface area contributed by atoms with Gasteiger partial charge in [-0.25, -0.2) is 0 Å². The Kier molecular flexibility index (Phi) is 4.78. The Bertz CT molecular complexity index is 485. The van der Waals surface area contributed by atoms with Crippen LogP contribution in [0, 0.1) is 0 Å². The average molecular weight is 310 g/mol. The molecule has 5 heteroatoms. The molecule has 0 aromatic heterocycles. The topological polar surface area (TPSA) is 47.6 Å². The quantitative estimate of drug-likeness (QED) is 0.878. The maximum atomic E-state index is 11.8. The van der Waals surface area contributed by atoms with E-state index < -0.39 is 0 Å². The molecule has 1 aromatic rings. The molecule has 21 heavy (non-hydrogen) atoms. The highest BCUT2D eigenvalue weighted by molar-refractivity contribution is 6.30. The van der Waals surface area contributed by atoms with Gasteiger partial charge in [-0.1, -0.05) is 23.7 Å². The second-order valence-corrected chi connectivity index (χ2v) is 6.15. The van der Waals surface area contributed by atoms with Crippen LogP contribution in [-0.4, -0.2) is 37.9 Å². The van der Waals surface area contributed by atoms with Gasteiger partial charge in [0.2, 0.25) is 5.91 Å². The van der Waals surface area contributed by atoms with E-state index in [1.165, 1.54) is 5.56 Å². The summed E-state index contributed by atoms with van der Waals surface area (Å²) >= 11 is 5.87. The van der Waals surface area contributed by atoms with Gasteiger partial charge in [-0.15, -0.1) is 0 Å². The number of halogens is 1. The van der Waals surface area contributed by atoms with Crippen molar-refractivity contribution < 1.29 is 14.3 Å². The summed E-state index contributed by atoms with van der Waals surface area (Å²) in [6.07, 6.45) is 3.27. The molecule has 2 aliphatic rings. The molecule has 1 heterocycles. The molecular formula is C16H20ClNO3. The molecule has 1 N–H and O–H groups in total. The minimum atomic E-state index is -0.0468. The fourth-order valence-electron chi connectivity index (χ4n) is 2.74. The van der Waals surface area contributed by atoms with Crippen molar-refractivity contribution in [1.29, 1.82) is 0 Å². The number of benzene rings is 1. The summed E-state index contributed by atoms with van der Waals surface area (Å²) in [5, 5.41) is 3.74. The van der Waals surface area contributed by atoms with Gasteiger partial charge < -0.3 is 14.8 Å². The van der Waals surface area contributed by atoms with Crippen molar-refractivity contribution in [1.82, 2.24) is 5.32 Å². The zero-order valence-corrected chi connectivity index (χ0v) is 12.6. The normalized spacial score (nSPS) is 27.6. The Morgan fingerprint density at radius 3 is 2.90 bits per heavy atom. The predicted molar refractivity (Wildman–Crippen MR) is 80.5 cm³/mol. The largest absolute Gasteiger partial charge is 0.376 e. The monoisotopic (exact) mass is 309 g/mol. The summed E-state index contributed by atoms with van der Waals surface area (Å²) in [4.78, 5) is 11.8. The van der Waals surface area contributed by atoms with Crippen LogP contribution >= 0.6 is 11.6 Å². The molecule has 0 radical (unpaired) electrons. The van der Waals surface area contributed by atoms with Crippen molar-refractivity contribution in [2.24, 2.45) is 0 Å². The number of carbonyl (C=O) groups excluding carboxylic acids is 1. The van der Waals surface area contributed by atoms with Gasteiger partial charge in [0, 0.05) is 23.6 Å². The zero-order valence-electron chi connectivity index (χ0n) is 11.9. The molecule has 0 bridgehead atoms. The van der Waals surface area contributed by atoms with Gasteiger partial charge >= 0.3 is 0 Å². The van der Waals surface area contributed by atoms with Crippen LogP contribution in [0.25, 0.3) is 0 Å². The maximum Gasteiger partial charge on any atom is 0.246 e. The third-order valence-corrected chi connectivity index (χ3v) is 4.25. The number of ether oxygens (including phenoxy) is 2. The first-order valence-electron chi connectivity index (χ1n) is 7.46. The van der Waals surface area contributed by atoms with E-state index >= 15 is 0 Å². The number of amides is 1. The molecule has 1 aliphatic carbocycles. The number of rotatable bonds is 6. The summed E-state index contributed by atoms with van der Waals surface area (Å²) in [6.45, 7) is 1.44. The van der Waals surface area contributed by atoms with Crippen molar-refractivity contribution in [3.63, 3.8) is 0 Å². The van der Waals surface area contributed by atoms with Crippen molar-refractivity contribution in [3.8, 4) is 0 Å². The van der Waals surface area contributed by atoms with Crippen LogP contribution in [-0.2, 0) is 14.3 Å². The lowest BCUT2D eigenvalue weighted by atomic mass is 10.1. The second kappa shape index (κ2) is 6.77. The highest BCUT2D eigenvalue weighted by atomic mass is 35.5. The minimum Gasteiger partial charge on any atom is -0.376 e. The van der Waals surface area contributed by atoms with Crippen molar-refractivity contribution >= 4 is 17.5 Å². The van der Waals surface area contributed by atoms with Gasteiger partial charge in [0.25, 0.3) is 0 Å². The number of carbonyl (C=O) groups is 1. The van der Waals surface area contributed by atoms with E-state index in [4.69, 9.17) is 21.1 Å². The lowest BCUT2D eigenvalue weighted by molar-refractivity contribution is -0.127. The number of hydrogen-bond donors (Lipinski definition) is 1. The highest BCUT2D eigenvalue weighted by Crippen LogP contribution is 2.40. The SMILES string of the molecule is O=C(COCC1CCCO1)NC1CC1c1ccc(Cl)cc1. The van der Waals surface area contributed by atoms with E-state index in [1.807, 2.05) is 24.3 Å². The number of nitrogens with one attached hydrogen (secondary N) is 1. The van der Waals surface area contributed by atoms with Crippen LogP contribution < -0.4 is 5.32 Å². The molecule has 0 spiro atoms. The van der Waals surface area contributed by atoms with E-state index in [0.717, 1.165) is 30.9 Å². The summed E-state index contributed by atoms with van der Waals surface area (Å²) in [5.74, 6) is 0.360. The van der Waals surface area contributed by atoms with Crippen LogP contribution in [0.3, 0.4) is 0 Å². The molecule has 1 saturated carbocycles. The molecule has 1 amide bonds. The predicted octanol–water partition coefficient (Wildman–Crippen LogP) is 2.51. The van der Waals surface area contributed by atoms with E-state index in [2.05, 4.69) is 5.32 Å². The molecule has 3 rings (SSSR count). The molecule has 1 aromatic carbocycles. The second-order valence-electron chi connectivity index (χ2n) is 5.72. The molecule has 114 valence electrons. The molecule has 2 fully saturated rings. The van der Waals surface area contributed by atoms with Gasteiger partial charge in [0.05, 0.1) is 12.7 Å². The summed E-state index contributed by atoms with van der Waals surface area (Å²) < 4.78 is 10.9. The van der Waals surface area contributed by atoms with Crippen molar-refractivity contribution in [3.05, 3.63) is 34.9 Å². The molecule has 4 nitrogen and oxygen atoms in total. The number of hydrogen-bond acceptors (Lipinski definition) is 3. The summed E-state index contributed by atoms with van der Waals surface area (Å²) in [5.41, 5.74) is 1.23. The smallest absolute Gasteiger partial charge is 0.246 e. The van der Waals surface area contributed by atoms with Gasteiger partial charge in [0.1, 0.15) is 6.61 Å². The van der Waals surface area contributed by atoms with Crippen LogP contribution in [0.15, 0.2) is 24.3 Å². The molecule has 3 unspecified atom stereocenters. The lowest BCUT2D eigenvalue weighted by Gasteiger charge is -2.10. The summed E-state index contributed by atoms with van der Waals surface area (Å²) in [6, 6.07) is 8.04. The van der Waals surface area contributed by atoms with Crippen LogP contribution in [0.5, 0.6) is 0 Å². The van der Waals surface area contributed by atoms with E-state index in [9.17, 15) is 4.79 Å². The van der Waals surface area contributed by atoms with Gasteiger partial charge in [-0.2, -0.15) is 0 Å². The fourth-order valence-corrected chi connectivity index (χ4v) is 2.87. The molecular weight excluding hydrogens is 290 g/mol. The van der Waals surface area contributed by atoms with Crippen molar-refractivity contribution in [2.75, 3.05) is 19.8 Å². The molecule has 1 aliphatic heterocycles. The van der Waals surface area contributed by atoms with Crippen LogP contribution in [0.1, 0.15) is 30.7 Å². The van der Waals surface area contributed by atoms with Crippen LogP contribution in [0.2, 0.25) is 5.02 Å². The highest BCUT2D eigenvalue weighted by Gasteiger charge is 2.39. The standard InChI is InChI=1S/C16H20ClNO3/c17-12-5-3-11(4-6-12)14-8-15(14)18-16(19)10-20-9-13-2-1-7-21-13/h3-6,13-15H,1-2,7-10H2,(H,18,19). The first-order valence-corrected chi connectivity index (χ1v) is 7.84. The fraction of sp³-hybridized carbons (Fsp3) is 0.562. The maximum absolute atomic E-state index is 11.8. The average Bonchev–Trinajstić information content (AvgIpc) is 3.02. The van der Waals surface area contributed by atoms with Crippen molar-refractivity contribution in [2.45, 2.75) is 37.3 Å². The Morgan fingerprint density at radius 2 is 2.19 bits per heavy atom. The first kappa shape index (κ1) is 14.8. The third-order valence-electron chi connectivity index (χ3n) is 4.00. The lowest BCUT2D eigenvalue weighted by Crippen LogP contribution is -2.31. The Hall–Kier alpha value is -1.10. The minimum absolute atomic E-state index is 0.0468. The first-order chi connectivity index (χ1) is 10.2. The van der Waals surface area contributed by atoms with Gasteiger partial charge in [0.15, 0.2) is 0 Å². The van der Waals surface area contributed by atoms with E-state index in [1.54, 1.807) is 0 Å². The third kappa shape index (κ3) is 4.19. The Balaban J connectivity index is 1.35. The molecule has 1 saturated heterocycles. The van der Waals surface area contributed by atoms with Gasteiger partial charge in [-0.05, 0) is 37.0 Å². The van der Waals surface area contributed by atoms with Gasteiger partial charge in [-0.3, -0.25) is 4.79 Å². The summed E-state index contributed by atoms with van der Waals surface area (Å²) in [7, 11) is 0. The Labute approximate surface area is 129 Å². The van der Waals surface area contributed by atoms with E-state index in [-0.39, 0.29) is 24.7 Å². The molecule has 3 atom stereocenters.